The Balaban J connectivity index is 0.000000130. The van der Waals surface area contributed by atoms with E-state index in [2.05, 4.69) is 87.7 Å². The number of rotatable bonds is 24. The number of aromatic hydroxyl groups is 1. The van der Waals surface area contributed by atoms with Crippen LogP contribution in [0.5, 0.6) is 28.9 Å². The van der Waals surface area contributed by atoms with Gasteiger partial charge in [0.2, 0.25) is 24.0 Å². The van der Waals surface area contributed by atoms with Gasteiger partial charge in [-0.1, -0.05) is 122 Å². The summed E-state index contributed by atoms with van der Waals surface area (Å²) in [6, 6.07) is 66.2. The van der Waals surface area contributed by atoms with Gasteiger partial charge < -0.3 is 62.5 Å². The van der Waals surface area contributed by atoms with Crippen LogP contribution in [0.25, 0.3) is 38.9 Å². The van der Waals surface area contributed by atoms with Gasteiger partial charge in [0.25, 0.3) is 11.8 Å². The van der Waals surface area contributed by atoms with Crippen molar-refractivity contribution >= 4 is 74.7 Å². The number of nitrogens with one attached hydrogen (secondary N) is 2. The van der Waals surface area contributed by atoms with Crippen LogP contribution in [0.15, 0.2) is 242 Å². The third-order valence-corrected chi connectivity index (χ3v) is 25.8. The highest BCUT2D eigenvalue weighted by Crippen LogP contribution is 2.46. The summed E-state index contributed by atoms with van der Waals surface area (Å²) >= 11 is 0. The van der Waals surface area contributed by atoms with E-state index >= 15 is 0 Å². The van der Waals surface area contributed by atoms with Crippen molar-refractivity contribution in [1.82, 2.24) is 39.8 Å². The molecule has 8 heterocycles. The Labute approximate surface area is 774 Å². The van der Waals surface area contributed by atoms with Crippen molar-refractivity contribution in [3.05, 3.63) is 312 Å². The van der Waals surface area contributed by atoms with Gasteiger partial charge in [-0.05, 0) is 228 Å². The van der Waals surface area contributed by atoms with E-state index in [1.54, 1.807) is 83.4 Å². The van der Waals surface area contributed by atoms with Crippen molar-refractivity contribution in [2.75, 3.05) is 77.1 Å². The quantitative estimate of drug-likeness (QED) is 0.0248. The molecule has 0 radical (unpaired) electrons. The maximum atomic E-state index is 13.7. The van der Waals surface area contributed by atoms with E-state index in [1.165, 1.54) is 58.6 Å². The first-order valence-electron chi connectivity index (χ1n) is 45.4. The number of amides is 4. The van der Waals surface area contributed by atoms with Crippen molar-refractivity contribution in [3.63, 3.8) is 0 Å². The number of nitrogens with zero attached hydrogens (tertiary/aromatic N) is 9. The number of aromatic amines is 1. The molecule has 0 bridgehead atoms. The van der Waals surface area contributed by atoms with Crippen LogP contribution in [0.3, 0.4) is 0 Å². The molecule has 134 heavy (non-hydrogen) atoms. The molecule has 1 saturated carbocycles. The number of carbonyl (C=O) groups excluding carboxylic acids is 6. The fourth-order valence-electron chi connectivity index (χ4n) is 18.4. The minimum atomic E-state index is -1.23. The molecule has 29 nitrogen and oxygen atoms in total. The number of H-pyrrole nitrogens is 1. The summed E-state index contributed by atoms with van der Waals surface area (Å²) in [5.41, 5.74) is 11.2. The fraction of sp³-hybridized carbons (Fsp3) is 0.314. The van der Waals surface area contributed by atoms with Gasteiger partial charge in [-0.15, -0.1) is 0 Å². The maximum absolute atomic E-state index is 13.7. The lowest BCUT2D eigenvalue weighted by Gasteiger charge is -2.41. The zero-order chi connectivity index (χ0) is 93.8. The van der Waals surface area contributed by atoms with E-state index in [1.807, 2.05) is 117 Å². The lowest BCUT2D eigenvalue weighted by Crippen LogP contribution is -2.56. The fourth-order valence-corrected chi connectivity index (χ4v) is 18.4. The molecule has 2 saturated heterocycles. The zero-order valence-corrected chi connectivity index (χ0v) is 76.2. The molecule has 690 valence electrons. The Bertz CT molecular complexity index is 6640. The van der Waals surface area contributed by atoms with E-state index < -0.39 is 34.4 Å². The number of para-hydroxylation sites is 3. The normalized spacial score (nSPS) is 16.8. The second-order valence-electron chi connectivity index (χ2n) is 34.4. The van der Waals surface area contributed by atoms with Crippen LogP contribution >= 0.6 is 0 Å². The molecule has 0 spiro atoms. The Morgan fingerprint density at radius 2 is 1.36 bits per heavy atom. The number of aromatic nitrogens is 5. The highest BCUT2D eigenvalue weighted by atomic mass is 16.7. The number of aryl methyl sites for hydroxylation is 5. The minimum absolute atomic E-state index is 0.00786. The van der Waals surface area contributed by atoms with Crippen molar-refractivity contribution in [3.8, 4) is 45.9 Å². The number of hydrogen-bond acceptors (Lipinski definition) is 23. The maximum Gasteiger partial charge on any atom is 0.344 e. The molecule has 4 aromatic heterocycles. The van der Waals surface area contributed by atoms with Gasteiger partial charge in [0.15, 0.2) is 17.3 Å². The van der Waals surface area contributed by atoms with Crippen LogP contribution in [0.2, 0.25) is 0 Å². The molecular weight excluding hydrogens is 1700 g/mol. The average molecular weight is 1810 g/mol. The summed E-state index contributed by atoms with van der Waals surface area (Å²) < 4.78 is 39.3. The second-order valence-corrected chi connectivity index (χ2v) is 34.4. The van der Waals surface area contributed by atoms with E-state index in [4.69, 9.17) is 48.4 Å². The van der Waals surface area contributed by atoms with Crippen LogP contribution in [0, 0.1) is 32.1 Å². The van der Waals surface area contributed by atoms with Gasteiger partial charge in [0.1, 0.15) is 40.3 Å². The summed E-state index contributed by atoms with van der Waals surface area (Å²) in [6.45, 7) is 16.4. The minimum Gasteiger partial charge on any atom is -0.507 e. The number of hydrogen-bond donors (Lipinski definition) is 4. The molecule has 3 fully saturated rings. The number of nitrogens with two attached hydrogens (primary N) is 1. The lowest BCUT2D eigenvalue weighted by molar-refractivity contribution is -0.159. The average Bonchev–Trinajstić information content (AvgIpc) is 0.919. The van der Waals surface area contributed by atoms with Gasteiger partial charge in [-0.3, -0.25) is 33.9 Å². The summed E-state index contributed by atoms with van der Waals surface area (Å²) in [4.78, 5) is 121. The Morgan fingerprint density at radius 3 is 2.07 bits per heavy atom. The van der Waals surface area contributed by atoms with Crippen LogP contribution in [-0.4, -0.2) is 159 Å². The van der Waals surface area contributed by atoms with Gasteiger partial charge >= 0.3 is 23.5 Å². The van der Waals surface area contributed by atoms with Crippen LogP contribution < -0.4 is 46.2 Å². The van der Waals surface area contributed by atoms with Crippen molar-refractivity contribution in [1.29, 1.82) is 0 Å². The van der Waals surface area contributed by atoms with Crippen molar-refractivity contribution in [2.45, 2.75) is 136 Å². The lowest BCUT2D eigenvalue weighted by atomic mass is 9.75. The van der Waals surface area contributed by atoms with Gasteiger partial charge in [-0.2, -0.15) is 21.2 Å². The molecular formula is C105H108N12O17. The molecule has 29 heteroatoms. The molecule has 5 atom stereocenters. The van der Waals surface area contributed by atoms with E-state index in [0.29, 0.717) is 92.8 Å². The number of likely N-dealkylation sites (tertiary alicyclic amines) is 1. The molecule has 5 unspecified atom stereocenters. The number of piperidine rings is 1. The highest BCUT2D eigenvalue weighted by Gasteiger charge is 2.49. The number of piperazine rings is 1. The number of anilines is 2. The Kier molecular flexibility index (Phi) is 28.4. The number of benzene rings is 9. The van der Waals surface area contributed by atoms with Crippen LogP contribution in [0.1, 0.15) is 172 Å². The topological polar surface area (TPSA) is 361 Å². The van der Waals surface area contributed by atoms with E-state index in [9.17, 15) is 43.5 Å². The first-order valence-corrected chi connectivity index (χ1v) is 45.4. The van der Waals surface area contributed by atoms with E-state index in [0.717, 1.165) is 115 Å². The number of ether oxygens (including phenoxy) is 5. The van der Waals surface area contributed by atoms with E-state index in [-0.39, 0.29) is 98.6 Å². The molecule has 6 aliphatic rings. The van der Waals surface area contributed by atoms with Crippen LogP contribution in [0.4, 0.5) is 11.5 Å². The molecule has 5 N–H and O–H groups in total. The number of esters is 2. The highest BCUT2D eigenvalue weighted by molar-refractivity contribution is 6.01. The number of carbonyl (C=O) groups is 6. The molecule has 19 rings (SSSR count). The number of hydrazone groups is 1. The molecule has 4 amide bonds. The SMILES string of the molecule is CCC(C(=O)N1CCN(c2ccc(OC)cc2)CC1)N1N=C(C)C2Cc3ccccc3C2C1=O.CCOC(=O)C1(CCCc2ccccc2)CCCN(C(=O)c2ccc3c(c2)OCO3)C1.COC(=O)c1ccc(C(c2c(O)c3ccccc3oc2=O)c2c(ON)oc3ccccc3c2=O)cc1.Cc1cc(C)c(-c2cc(NC(=O)CCc3nc(C4CC4)n[nH]3)n(-c3ccccc3)n2)cc1C. The smallest absolute Gasteiger partial charge is 0.344 e. The third kappa shape index (κ3) is 20.1. The largest absolute Gasteiger partial charge is 0.507 e. The van der Waals surface area contributed by atoms with Crippen LogP contribution in [-0.2, 0) is 47.9 Å². The summed E-state index contributed by atoms with van der Waals surface area (Å²) in [5.74, 6) is 7.29. The molecule has 2 aliphatic carbocycles. The Hall–Kier alpha value is -15.0. The predicted octanol–water partition coefficient (Wildman–Crippen LogP) is 16.4. The third-order valence-electron chi connectivity index (χ3n) is 25.8. The Morgan fingerprint density at radius 1 is 0.679 bits per heavy atom. The molecule has 9 aromatic carbocycles. The zero-order valence-electron chi connectivity index (χ0n) is 76.2. The van der Waals surface area contributed by atoms with Gasteiger partial charge in [-0.25, -0.2) is 24.3 Å². The molecule has 13 aromatic rings. The second kappa shape index (κ2) is 41.2. The van der Waals surface area contributed by atoms with Crippen molar-refractivity contribution in [2.24, 2.45) is 22.3 Å². The monoisotopic (exact) mass is 1810 g/mol. The standard InChI is InChI=1S/C27H32N4O3.C27H19NO8.C26H28N6O.C25H29NO5/c1-4-24(26(32)30-15-13-29(14-16-30)20-9-11-21(34-3)12-10-20)31-27(33)25-22-8-6-5-7-19(22)17-23(25)18(2)28-31;1-33-25(31)15-12-10-14(11-13-15)20(21-23(29)16-6-2-4-8-18(16)34-26(21)32)22-24(30)17-7-3-5-9-19(17)35-27(22)36-28;1-16-13-18(3)21(14-17(16)2)22-15-24(32(31-22)20-7-5-4-6-8-20)28-25(33)12-11-23-27-26(30-29-23)19-9-10-19;1-2-29-24(28)25(13-6-10-19-8-4-3-5-9-19)14-7-15-26(17-25)23(27)20-11-12-21-22(16-20)31-18-30-21/h5-12,23-25H,4,13-17H2,1-3H3;2-13,20,29H,28H2,1H3;4-8,13-15,19H,9-12H2,1-3H3,(H,28,33)(H,27,29,30);3-5,8-9,11-12,16H,2,6-7,10,13-15,17-18H2,1H3. The molecule has 4 aliphatic heterocycles. The van der Waals surface area contributed by atoms with Crippen molar-refractivity contribution < 1.29 is 71.2 Å². The summed E-state index contributed by atoms with van der Waals surface area (Å²) in [5, 5.41) is 33.0. The summed E-state index contributed by atoms with van der Waals surface area (Å²) in [6.07, 6.45) is 8.52. The first kappa shape index (κ1) is 92.3. The predicted molar refractivity (Wildman–Crippen MR) is 507 cm³/mol. The summed E-state index contributed by atoms with van der Waals surface area (Å²) in [7, 11) is 2.91. The number of methoxy groups -OCH3 is 2. The van der Waals surface area contributed by atoms with Gasteiger partial charge in [0.05, 0.1) is 76.9 Å². The first-order chi connectivity index (χ1) is 65.0. The van der Waals surface area contributed by atoms with Gasteiger partial charge in [0, 0.05) is 92.5 Å². The number of fused-ring (bicyclic) bond motifs is 6.